The molecule has 0 saturated carbocycles. The maximum absolute atomic E-state index is 5.09. The number of allylic oxidation sites excluding steroid dienone is 1. The largest absolute Gasteiger partial charge is 0.497 e. The molecular weight excluding hydrogens is 186 g/mol. The third kappa shape index (κ3) is 2.52. The molecule has 1 aromatic carbocycles. The Hall–Kier alpha value is -1.92. The van der Waals surface area contributed by atoms with Gasteiger partial charge >= 0.3 is 0 Å². The summed E-state index contributed by atoms with van der Waals surface area (Å²) in [5, 5.41) is 3.31. The normalized spacial score (nSPS) is 12.7. The van der Waals surface area contributed by atoms with Crippen molar-refractivity contribution < 1.29 is 4.74 Å². The molecule has 0 saturated heterocycles. The van der Waals surface area contributed by atoms with Crippen LogP contribution in [0.4, 0.5) is 5.69 Å². The van der Waals surface area contributed by atoms with E-state index in [1.807, 2.05) is 36.4 Å². The van der Waals surface area contributed by atoms with E-state index < -0.39 is 0 Å². The Kier molecular flexibility index (Phi) is 2.91. The third-order valence-corrected chi connectivity index (χ3v) is 2.24. The second-order valence-electron chi connectivity index (χ2n) is 3.28. The van der Waals surface area contributed by atoms with Gasteiger partial charge in [-0.2, -0.15) is 0 Å². The van der Waals surface area contributed by atoms with Crippen molar-refractivity contribution in [1.82, 2.24) is 0 Å². The van der Waals surface area contributed by atoms with E-state index in [1.54, 1.807) is 7.11 Å². The van der Waals surface area contributed by atoms with E-state index in [9.17, 15) is 0 Å². The monoisotopic (exact) mass is 199 g/mol. The maximum atomic E-state index is 5.09. The number of rotatable bonds is 4. The Labute approximate surface area is 89.6 Å². The summed E-state index contributed by atoms with van der Waals surface area (Å²) in [6.07, 6.45) is 5.96. The fourth-order valence-electron chi connectivity index (χ4n) is 1.38. The molecule has 0 amide bonds. The van der Waals surface area contributed by atoms with Crippen molar-refractivity contribution in [3.63, 3.8) is 0 Å². The molecule has 0 fully saturated rings. The summed E-state index contributed by atoms with van der Waals surface area (Å²) in [7, 11) is 1.67. The quantitative estimate of drug-likeness (QED) is 0.753. The van der Waals surface area contributed by atoms with Crippen molar-refractivity contribution in [3.05, 3.63) is 53.8 Å². The highest BCUT2D eigenvalue weighted by molar-refractivity contribution is 5.48. The van der Waals surface area contributed by atoms with Crippen molar-refractivity contribution in [2.75, 3.05) is 19.0 Å². The predicted molar refractivity (Wildman–Crippen MR) is 62.2 cm³/mol. The molecule has 0 atom stereocenters. The van der Waals surface area contributed by atoms with Crippen molar-refractivity contribution in [2.45, 2.75) is 0 Å². The molecule has 1 aliphatic carbocycles. The standard InChI is InChI=1S/C13H13NO/c1-15-13-8-6-12(7-9-13)14-10-11-4-2-3-5-11/h2-4,6-9,14H,10H2,1H3. The molecule has 0 bridgehead atoms. The molecule has 2 rings (SSSR count). The summed E-state index contributed by atoms with van der Waals surface area (Å²) >= 11 is 0. The average Bonchev–Trinajstić information content (AvgIpc) is 2.80. The van der Waals surface area contributed by atoms with Gasteiger partial charge in [-0.15, -0.1) is 5.73 Å². The molecule has 0 unspecified atom stereocenters. The summed E-state index contributed by atoms with van der Waals surface area (Å²) in [5.74, 6) is 0.875. The second kappa shape index (κ2) is 4.54. The number of methoxy groups -OCH3 is 1. The highest BCUT2D eigenvalue weighted by Crippen LogP contribution is 2.15. The highest BCUT2D eigenvalue weighted by Gasteiger charge is 1.96. The first kappa shape index (κ1) is 9.63. The van der Waals surface area contributed by atoms with Crippen LogP contribution >= 0.6 is 0 Å². The van der Waals surface area contributed by atoms with E-state index in [0.29, 0.717) is 0 Å². The Morgan fingerprint density at radius 2 is 2.07 bits per heavy atom. The molecule has 1 aliphatic rings. The van der Waals surface area contributed by atoms with Gasteiger partial charge in [0.15, 0.2) is 0 Å². The van der Waals surface area contributed by atoms with Crippen LogP contribution in [-0.2, 0) is 0 Å². The summed E-state index contributed by atoms with van der Waals surface area (Å²) in [4.78, 5) is 0. The Balaban J connectivity index is 1.93. The van der Waals surface area contributed by atoms with Crippen LogP contribution in [0.5, 0.6) is 5.75 Å². The molecule has 0 aromatic heterocycles. The zero-order valence-electron chi connectivity index (χ0n) is 8.66. The van der Waals surface area contributed by atoms with E-state index in [4.69, 9.17) is 4.74 Å². The summed E-state index contributed by atoms with van der Waals surface area (Å²) in [5.41, 5.74) is 5.40. The second-order valence-corrected chi connectivity index (χ2v) is 3.28. The van der Waals surface area contributed by atoms with Crippen LogP contribution in [0.25, 0.3) is 0 Å². The van der Waals surface area contributed by atoms with Crippen LogP contribution in [0.15, 0.2) is 53.8 Å². The maximum Gasteiger partial charge on any atom is 0.119 e. The fourth-order valence-corrected chi connectivity index (χ4v) is 1.38. The van der Waals surface area contributed by atoms with Crippen LogP contribution in [-0.4, -0.2) is 13.7 Å². The first-order valence-corrected chi connectivity index (χ1v) is 4.88. The predicted octanol–water partition coefficient (Wildman–Crippen LogP) is 2.76. The van der Waals surface area contributed by atoms with Crippen LogP contribution < -0.4 is 10.1 Å². The van der Waals surface area contributed by atoms with Gasteiger partial charge < -0.3 is 10.1 Å². The molecule has 0 heterocycles. The fraction of sp³-hybridized carbons (Fsp3) is 0.154. The lowest BCUT2D eigenvalue weighted by molar-refractivity contribution is 0.415. The minimum atomic E-state index is 0.805. The molecule has 2 nitrogen and oxygen atoms in total. The minimum absolute atomic E-state index is 0.805. The Morgan fingerprint density at radius 3 is 2.67 bits per heavy atom. The zero-order valence-corrected chi connectivity index (χ0v) is 8.66. The van der Waals surface area contributed by atoms with Gasteiger partial charge in [-0.1, -0.05) is 6.08 Å². The molecule has 0 radical (unpaired) electrons. The lowest BCUT2D eigenvalue weighted by atomic mass is 10.2. The average molecular weight is 199 g/mol. The third-order valence-electron chi connectivity index (χ3n) is 2.24. The van der Waals surface area contributed by atoms with Crippen LogP contribution in [0, 0.1) is 0 Å². The Morgan fingerprint density at radius 1 is 1.27 bits per heavy atom. The summed E-state index contributed by atoms with van der Waals surface area (Å²) < 4.78 is 5.09. The molecule has 1 N–H and O–H groups in total. The molecule has 1 aromatic rings. The van der Waals surface area contributed by atoms with Gasteiger partial charge in [-0.05, 0) is 36.4 Å². The number of ether oxygens (including phenoxy) is 1. The van der Waals surface area contributed by atoms with Gasteiger partial charge in [0.05, 0.1) is 7.11 Å². The summed E-state index contributed by atoms with van der Waals surface area (Å²) in [6, 6.07) is 7.89. The molecule has 15 heavy (non-hydrogen) atoms. The van der Waals surface area contributed by atoms with E-state index in [0.717, 1.165) is 18.0 Å². The van der Waals surface area contributed by atoms with Crippen LogP contribution in [0.3, 0.4) is 0 Å². The van der Waals surface area contributed by atoms with Gasteiger partial charge in [0.25, 0.3) is 0 Å². The first-order chi connectivity index (χ1) is 7.38. The van der Waals surface area contributed by atoms with E-state index in [2.05, 4.69) is 17.1 Å². The van der Waals surface area contributed by atoms with Crippen molar-refractivity contribution >= 4 is 5.69 Å². The summed E-state index contributed by atoms with van der Waals surface area (Å²) in [6.45, 7) is 0.805. The highest BCUT2D eigenvalue weighted by atomic mass is 16.5. The van der Waals surface area contributed by atoms with Gasteiger partial charge in [-0.25, -0.2) is 0 Å². The first-order valence-electron chi connectivity index (χ1n) is 4.88. The zero-order chi connectivity index (χ0) is 10.5. The minimum Gasteiger partial charge on any atom is -0.497 e. The Bertz CT molecular complexity index is 422. The molecule has 2 heteroatoms. The molecular formula is C13H13NO. The van der Waals surface area contributed by atoms with Gasteiger partial charge in [0, 0.05) is 17.8 Å². The molecule has 76 valence electrons. The van der Waals surface area contributed by atoms with E-state index in [-0.39, 0.29) is 0 Å². The number of benzene rings is 1. The van der Waals surface area contributed by atoms with Crippen LogP contribution in [0.2, 0.25) is 0 Å². The van der Waals surface area contributed by atoms with Crippen molar-refractivity contribution in [2.24, 2.45) is 0 Å². The van der Waals surface area contributed by atoms with Gasteiger partial charge in [0.2, 0.25) is 0 Å². The van der Waals surface area contributed by atoms with Gasteiger partial charge in [-0.3, -0.25) is 0 Å². The van der Waals surface area contributed by atoms with Crippen LogP contribution in [0.1, 0.15) is 0 Å². The van der Waals surface area contributed by atoms with Crippen molar-refractivity contribution in [1.29, 1.82) is 0 Å². The lowest BCUT2D eigenvalue weighted by Crippen LogP contribution is -2.01. The number of hydrogen-bond donors (Lipinski definition) is 1. The van der Waals surface area contributed by atoms with Crippen molar-refractivity contribution in [3.8, 4) is 5.75 Å². The molecule has 0 aliphatic heterocycles. The van der Waals surface area contributed by atoms with E-state index >= 15 is 0 Å². The SMILES string of the molecule is COc1ccc(NCC2=C=CC=C2)cc1. The topological polar surface area (TPSA) is 21.3 Å². The number of nitrogens with one attached hydrogen (secondary N) is 1. The van der Waals surface area contributed by atoms with E-state index in [1.165, 1.54) is 5.57 Å². The number of anilines is 1. The number of hydrogen-bond acceptors (Lipinski definition) is 2. The smallest absolute Gasteiger partial charge is 0.119 e. The van der Waals surface area contributed by atoms with Gasteiger partial charge in [0.1, 0.15) is 5.75 Å². The lowest BCUT2D eigenvalue weighted by Gasteiger charge is -2.06. The molecule has 0 spiro atoms.